The van der Waals surface area contributed by atoms with Crippen LogP contribution in [-0.4, -0.2) is 4.98 Å². The second-order valence-corrected chi connectivity index (χ2v) is 5.68. The first-order chi connectivity index (χ1) is 8.24. The standard InChI is InChI=1S/C14H9FN.Zn/c15-13-5-3-10(4-6-13)12-2-1-11-7-8-16-14(11)9-12;/h1-6,8-9,16H;. The zero-order chi connectivity index (χ0) is 11.8. The van der Waals surface area contributed by atoms with Crippen LogP contribution < -0.4 is 4.16 Å². The van der Waals surface area contributed by atoms with Crippen LogP contribution in [-0.2, 0) is 18.3 Å². The number of halogens is 1. The van der Waals surface area contributed by atoms with Crippen molar-refractivity contribution in [3.63, 3.8) is 0 Å². The predicted octanol–water partition coefficient (Wildman–Crippen LogP) is 3.15. The van der Waals surface area contributed by atoms with E-state index in [1.165, 1.54) is 21.7 Å². The topological polar surface area (TPSA) is 15.8 Å². The Morgan fingerprint density at radius 1 is 0.941 bits per heavy atom. The minimum absolute atomic E-state index is 0.198. The first-order valence-electron chi connectivity index (χ1n) is 5.43. The van der Waals surface area contributed by atoms with E-state index in [2.05, 4.69) is 29.4 Å². The molecule has 0 aliphatic rings. The third-order valence-corrected chi connectivity index (χ3v) is 4.17. The van der Waals surface area contributed by atoms with Crippen molar-refractivity contribution in [2.75, 3.05) is 0 Å². The number of aromatic nitrogens is 1. The molecule has 2 aromatic carbocycles. The van der Waals surface area contributed by atoms with E-state index in [0.29, 0.717) is 0 Å². The van der Waals surface area contributed by atoms with Gasteiger partial charge in [-0.2, -0.15) is 0 Å². The van der Waals surface area contributed by atoms with Crippen molar-refractivity contribution < 1.29 is 22.7 Å². The van der Waals surface area contributed by atoms with Gasteiger partial charge in [0.2, 0.25) is 0 Å². The first-order valence-corrected chi connectivity index (χ1v) is 6.91. The van der Waals surface area contributed by atoms with Crippen LogP contribution in [0.4, 0.5) is 4.39 Å². The summed E-state index contributed by atoms with van der Waals surface area (Å²) >= 11 is 1.15. The Kier molecular flexibility index (Phi) is 2.56. The zero-order valence-corrected chi connectivity index (χ0v) is 12.2. The molecule has 0 bridgehead atoms. The molecule has 0 unspecified atom stereocenters. The van der Waals surface area contributed by atoms with Gasteiger partial charge >= 0.3 is 108 Å². The summed E-state index contributed by atoms with van der Waals surface area (Å²) in [4.78, 5) is 3.27. The van der Waals surface area contributed by atoms with Crippen LogP contribution >= 0.6 is 0 Å². The predicted molar refractivity (Wildman–Crippen MR) is 63.3 cm³/mol. The van der Waals surface area contributed by atoms with Gasteiger partial charge < -0.3 is 0 Å². The monoisotopic (exact) mass is 274 g/mol. The Morgan fingerprint density at radius 2 is 1.65 bits per heavy atom. The van der Waals surface area contributed by atoms with Crippen molar-refractivity contribution in [3.8, 4) is 11.1 Å². The van der Waals surface area contributed by atoms with Gasteiger partial charge in [0.1, 0.15) is 0 Å². The van der Waals surface area contributed by atoms with Crippen molar-refractivity contribution >= 4 is 15.1 Å². The molecule has 79 valence electrons. The van der Waals surface area contributed by atoms with Crippen LogP contribution in [0.5, 0.6) is 0 Å². The van der Waals surface area contributed by atoms with E-state index in [0.717, 1.165) is 34.9 Å². The SMILES string of the molecule is Fc1ccc(-c2ccc3[c]([Zn])c[nH]c3c2)cc1. The Balaban J connectivity index is 2.14. The molecule has 1 heterocycles. The molecule has 1 nitrogen and oxygen atoms in total. The van der Waals surface area contributed by atoms with Crippen molar-refractivity contribution in [3.05, 3.63) is 54.5 Å². The van der Waals surface area contributed by atoms with Gasteiger partial charge in [-0.1, -0.05) is 0 Å². The van der Waals surface area contributed by atoms with Gasteiger partial charge in [0.15, 0.2) is 0 Å². The van der Waals surface area contributed by atoms with Gasteiger partial charge in [-0.15, -0.1) is 0 Å². The molecule has 0 fully saturated rings. The maximum atomic E-state index is 12.9. The van der Waals surface area contributed by atoms with Crippen LogP contribution in [0.15, 0.2) is 48.7 Å². The molecule has 0 aliphatic heterocycles. The van der Waals surface area contributed by atoms with E-state index < -0.39 is 0 Å². The second kappa shape index (κ2) is 4.08. The zero-order valence-electron chi connectivity index (χ0n) is 9.20. The van der Waals surface area contributed by atoms with Gasteiger partial charge in [-0.25, -0.2) is 0 Å². The molecule has 3 rings (SSSR count). The van der Waals surface area contributed by atoms with Crippen molar-refractivity contribution in [2.24, 2.45) is 0 Å². The summed E-state index contributed by atoms with van der Waals surface area (Å²) in [5.41, 5.74) is 3.30. The number of benzene rings is 2. The third kappa shape index (κ3) is 1.91. The number of hydrogen-bond acceptors (Lipinski definition) is 0. The molecular weight excluding hydrogens is 267 g/mol. The number of fused-ring (bicyclic) bond motifs is 1. The fourth-order valence-corrected chi connectivity index (χ4v) is 2.87. The molecule has 0 atom stereocenters. The van der Waals surface area contributed by atoms with Gasteiger partial charge in [0, 0.05) is 0 Å². The Bertz CT molecular complexity index is 670. The van der Waals surface area contributed by atoms with E-state index in [9.17, 15) is 4.39 Å². The number of rotatable bonds is 1. The van der Waals surface area contributed by atoms with Crippen molar-refractivity contribution in [1.29, 1.82) is 0 Å². The average Bonchev–Trinajstić information content (AvgIpc) is 2.72. The third-order valence-electron chi connectivity index (χ3n) is 2.94. The van der Waals surface area contributed by atoms with Crippen LogP contribution in [0.1, 0.15) is 0 Å². The Labute approximate surface area is 108 Å². The van der Waals surface area contributed by atoms with Gasteiger partial charge in [-0.3, -0.25) is 0 Å². The van der Waals surface area contributed by atoms with E-state index in [1.807, 2.05) is 0 Å². The number of hydrogen-bond donors (Lipinski definition) is 1. The molecule has 0 radical (unpaired) electrons. The van der Waals surface area contributed by atoms with Crippen LogP contribution in [0.3, 0.4) is 0 Å². The van der Waals surface area contributed by atoms with Crippen LogP contribution in [0, 0.1) is 5.82 Å². The quantitative estimate of drug-likeness (QED) is 0.657. The van der Waals surface area contributed by atoms with Gasteiger partial charge in [0.25, 0.3) is 0 Å². The minimum atomic E-state index is -0.198. The molecule has 0 saturated heterocycles. The molecule has 3 heteroatoms. The molecule has 17 heavy (non-hydrogen) atoms. The molecule has 1 aromatic heterocycles. The fraction of sp³-hybridized carbons (Fsp3) is 0. The van der Waals surface area contributed by atoms with E-state index in [-0.39, 0.29) is 5.82 Å². The first kappa shape index (κ1) is 10.7. The molecule has 0 amide bonds. The van der Waals surface area contributed by atoms with E-state index >= 15 is 0 Å². The van der Waals surface area contributed by atoms with Crippen LogP contribution in [0.25, 0.3) is 22.0 Å². The summed E-state index contributed by atoms with van der Waals surface area (Å²) in [6, 6.07) is 12.9. The Morgan fingerprint density at radius 3 is 2.41 bits per heavy atom. The Hall–Kier alpha value is -1.47. The molecular formula is C14H9FNZn. The second-order valence-electron chi connectivity index (χ2n) is 4.08. The summed E-state index contributed by atoms with van der Waals surface area (Å²) < 4.78 is 14.2. The maximum absolute atomic E-state index is 12.9. The average molecular weight is 276 g/mol. The van der Waals surface area contributed by atoms with Gasteiger partial charge in [-0.05, 0) is 0 Å². The summed E-state index contributed by atoms with van der Waals surface area (Å²) in [6.45, 7) is 0. The molecule has 0 spiro atoms. The van der Waals surface area contributed by atoms with Crippen LogP contribution in [0.2, 0.25) is 0 Å². The summed E-state index contributed by atoms with van der Waals surface area (Å²) in [5.74, 6) is -0.198. The fourth-order valence-electron chi connectivity index (χ4n) is 2.01. The molecule has 1 N–H and O–H groups in total. The summed E-state index contributed by atoms with van der Waals surface area (Å²) in [6.07, 6.45) is 2.05. The van der Waals surface area contributed by atoms with Gasteiger partial charge in [0.05, 0.1) is 0 Å². The normalized spacial score (nSPS) is 11.0. The molecule has 0 aliphatic carbocycles. The summed E-state index contributed by atoms with van der Waals surface area (Å²) in [7, 11) is 0. The van der Waals surface area contributed by atoms with Crippen molar-refractivity contribution in [2.45, 2.75) is 0 Å². The summed E-state index contributed by atoms with van der Waals surface area (Å²) in [5, 5.41) is 1.29. The number of aromatic amines is 1. The van der Waals surface area contributed by atoms with E-state index in [4.69, 9.17) is 0 Å². The molecule has 3 aromatic rings. The van der Waals surface area contributed by atoms with Crippen molar-refractivity contribution in [1.82, 2.24) is 4.98 Å². The van der Waals surface area contributed by atoms with E-state index in [1.54, 1.807) is 12.1 Å². The number of nitrogens with one attached hydrogen (secondary N) is 1. The molecule has 0 saturated carbocycles. The number of H-pyrrole nitrogens is 1.